The molecule has 24 heavy (non-hydrogen) atoms. The molecule has 0 heteroatoms. The summed E-state index contributed by atoms with van der Waals surface area (Å²) < 4.78 is 0. The highest BCUT2D eigenvalue weighted by atomic mass is 14.1. The van der Waals surface area contributed by atoms with Crippen molar-refractivity contribution in [1.29, 1.82) is 0 Å². The maximum absolute atomic E-state index is 3.58. The fourth-order valence-electron chi connectivity index (χ4n) is 3.54. The minimum Gasteiger partial charge on any atom is -0.0622 e. The van der Waals surface area contributed by atoms with Crippen LogP contribution in [0.2, 0.25) is 0 Å². The highest BCUT2D eigenvalue weighted by molar-refractivity contribution is 6.17. The van der Waals surface area contributed by atoms with Crippen LogP contribution in [0.15, 0.2) is 91.0 Å². The van der Waals surface area contributed by atoms with E-state index < -0.39 is 0 Å². The Morgan fingerprint density at radius 3 is 2.08 bits per heavy atom. The molecule has 5 aromatic rings. The first-order valence-electron chi connectivity index (χ1n) is 8.22. The molecule has 0 aromatic heterocycles. The summed E-state index contributed by atoms with van der Waals surface area (Å²) in [6.07, 6.45) is 0. The van der Waals surface area contributed by atoms with Gasteiger partial charge in [-0.1, -0.05) is 91.0 Å². The molecule has 0 heterocycles. The zero-order chi connectivity index (χ0) is 15.9. The molecule has 0 fully saturated rings. The molecule has 5 aromatic carbocycles. The van der Waals surface area contributed by atoms with Gasteiger partial charge in [-0.05, 0) is 49.5 Å². The molecule has 0 aliphatic rings. The molecule has 0 nitrogen and oxygen atoms in total. The molecule has 0 atom stereocenters. The van der Waals surface area contributed by atoms with Gasteiger partial charge in [-0.2, -0.15) is 0 Å². The number of rotatable bonds is 1. The van der Waals surface area contributed by atoms with E-state index in [1.165, 1.54) is 37.9 Å². The van der Waals surface area contributed by atoms with Crippen LogP contribution in [-0.4, -0.2) is 0 Å². The summed E-state index contributed by atoms with van der Waals surface area (Å²) in [5, 5.41) is 7.62. The van der Waals surface area contributed by atoms with Gasteiger partial charge in [0.2, 0.25) is 0 Å². The van der Waals surface area contributed by atoms with Gasteiger partial charge in [0.15, 0.2) is 0 Å². The second-order valence-corrected chi connectivity index (χ2v) is 6.15. The van der Waals surface area contributed by atoms with E-state index in [9.17, 15) is 0 Å². The van der Waals surface area contributed by atoms with E-state index in [4.69, 9.17) is 0 Å². The van der Waals surface area contributed by atoms with Gasteiger partial charge in [0, 0.05) is 0 Å². The summed E-state index contributed by atoms with van der Waals surface area (Å²) in [4.78, 5) is 0. The summed E-state index contributed by atoms with van der Waals surface area (Å²) in [5.41, 5.74) is 2.35. The third-order valence-corrected chi connectivity index (χ3v) is 4.74. The van der Waals surface area contributed by atoms with Crippen molar-refractivity contribution in [3.05, 3.63) is 97.1 Å². The van der Waals surface area contributed by atoms with Crippen molar-refractivity contribution in [1.82, 2.24) is 0 Å². The highest BCUT2D eigenvalue weighted by Crippen LogP contribution is 2.32. The normalized spacial score (nSPS) is 11.3. The fourth-order valence-corrected chi connectivity index (χ4v) is 3.54. The molecule has 0 N–H and O–H groups in total. The van der Waals surface area contributed by atoms with E-state index in [-0.39, 0.29) is 0 Å². The maximum Gasteiger partial charge on any atom is -0.00141 e. The standard InChI is InChI=1S/C24H15/c1-2-6-17(7-3-1)19-11-13-22-20(16-19)12-15-23-21-9-5-4-8-18(21)10-14-24(22)23/h1-15H. The average molecular weight is 303 g/mol. The van der Waals surface area contributed by atoms with Crippen molar-refractivity contribution in [2.45, 2.75) is 0 Å². The molecule has 0 saturated carbocycles. The highest BCUT2D eigenvalue weighted by Gasteiger charge is 2.06. The first-order valence-corrected chi connectivity index (χ1v) is 8.22. The van der Waals surface area contributed by atoms with Crippen molar-refractivity contribution in [3.63, 3.8) is 0 Å². The van der Waals surface area contributed by atoms with Gasteiger partial charge < -0.3 is 0 Å². The summed E-state index contributed by atoms with van der Waals surface area (Å²) in [5.74, 6) is 0. The first-order chi connectivity index (χ1) is 11.9. The predicted molar refractivity (Wildman–Crippen MR) is 103 cm³/mol. The van der Waals surface area contributed by atoms with Gasteiger partial charge in [-0.15, -0.1) is 0 Å². The fraction of sp³-hybridized carbons (Fsp3) is 0. The second-order valence-electron chi connectivity index (χ2n) is 6.15. The van der Waals surface area contributed by atoms with Gasteiger partial charge in [0.1, 0.15) is 0 Å². The minimum atomic E-state index is 1.14. The Morgan fingerprint density at radius 2 is 1.17 bits per heavy atom. The van der Waals surface area contributed by atoms with E-state index in [1.54, 1.807) is 0 Å². The van der Waals surface area contributed by atoms with Crippen LogP contribution in [0.4, 0.5) is 0 Å². The van der Waals surface area contributed by atoms with Crippen molar-refractivity contribution in [2.24, 2.45) is 0 Å². The molecule has 0 aliphatic heterocycles. The number of fused-ring (bicyclic) bond motifs is 5. The predicted octanol–water partition coefficient (Wildman–Crippen LogP) is 6.61. The smallest absolute Gasteiger partial charge is 0.00141 e. The molecule has 0 unspecified atom stereocenters. The Bertz CT molecular complexity index is 1180. The van der Waals surface area contributed by atoms with Crippen LogP contribution in [-0.2, 0) is 0 Å². The number of hydrogen-bond donors (Lipinski definition) is 0. The molecule has 0 spiro atoms. The lowest BCUT2D eigenvalue weighted by Crippen LogP contribution is -1.83. The van der Waals surface area contributed by atoms with Crippen LogP contribution in [0.25, 0.3) is 43.4 Å². The van der Waals surface area contributed by atoms with Crippen LogP contribution >= 0.6 is 0 Å². The Hall–Kier alpha value is -3.12. The summed E-state index contributed by atoms with van der Waals surface area (Å²) >= 11 is 0. The molecule has 5 rings (SSSR count). The SMILES string of the molecule is [c]1c(-c2ccccc2)ccc2c1ccc1c3ccccc3ccc21. The van der Waals surface area contributed by atoms with E-state index in [0.29, 0.717) is 0 Å². The second kappa shape index (κ2) is 5.21. The maximum atomic E-state index is 3.58. The largest absolute Gasteiger partial charge is 0.0622 e. The molecule has 0 aliphatic carbocycles. The van der Waals surface area contributed by atoms with Crippen LogP contribution in [0, 0.1) is 6.07 Å². The summed E-state index contributed by atoms with van der Waals surface area (Å²) in [6.45, 7) is 0. The van der Waals surface area contributed by atoms with E-state index in [0.717, 1.165) is 5.56 Å². The summed E-state index contributed by atoms with van der Waals surface area (Å²) in [6, 6.07) is 35.9. The van der Waals surface area contributed by atoms with Gasteiger partial charge in [-0.25, -0.2) is 0 Å². The van der Waals surface area contributed by atoms with Crippen molar-refractivity contribution < 1.29 is 0 Å². The van der Waals surface area contributed by atoms with E-state index in [2.05, 4.69) is 91.0 Å². The number of benzene rings is 5. The molecular weight excluding hydrogens is 288 g/mol. The molecule has 111 valence electrons. The average Bonchev–Trinajstić information content (AvgIpc) is 2.67. The van der Waals surface area contributed by atoms with Crippen LogP contribution in [0.3, 0.4) is 0 Å². The third kappa shape index (κ3) is 2.00. The Kier molecular flexibility index (Phi) is 2.89. The monoisotopic (exact) mass is 303 g/mol. The van der Waals surface area contributed by atoms with Crippen molar-refractivity contribution in [3.8, 4) is 11.1 Å². The third-order valence-electron chi connectivity index (χ3n) is 4.74. The van der Waals surface area contributed by atoms with Crippen molar-refractivity contribution >= 4 is 32.3 Å². The quantitative estimate of drug-likeness (QED) is 0.305. The lowest BCUT2D eigenvalue weighted by atomic mass is 9.95. The Balaban J connectivity index is 1.81. The Labute approximate surface area is 141 Å². The lowest BCUT2D eigenvalue weighted by Gasteiger charge is -2.09. The van der Waals surface area contributed by atoms with Crippen LogP contribution in [0.5, 0.6) is 0 Å². The lowest BCUT2D eigenvalue weighted by molar-refractivity contribution is 1.64. The molecule has 0 amide bonds. The Morgan fingerprint density at radius 1 is 0.458 bits per heavy atom. The topological polar surface area (TPSA) is 0 Å². The van der Waals surface area contributed by atoms with E-state index in [1.807, 2.05) is 6.07 Å². The van der Waals surface area contributed by atoms with Gasteiger partial charge >= 0.3 is 0 Å². The number of hydrogen-bond acceptors (Lipinski definition) is 0. The van der Waals surface area contributed by atoms with Crippen molar-refractivity contribution in [2.75, 3.05) is 0 Å². The molecule has 0 saturated heterocycles. The van der Waals surface area contributed by atoms with Gasteiger partial charge in [0.25, 0.3) is 0 Å². The minimum absolute atomic E-state index is 1.14. The van der Waals surface area contributed by atoms with Gasteiger partial charge in [0.05, 0.1) is 0 Å². The van der Waals surface area contributed by atoms with Crippen LogP contribution in [0.1, 0.15) is 0 Å². The zero-order valence-corrected chi connectivity index (χ0v) is 13.2. The summed E-state index contributed by atoms with van der Waals surface area (Å²) in [7, 11) is 0. The van der Waals surface area contributed by atoms with E-state index >= 15 is 0 Å². The first kappa shape index (κ1) is 13.3. The molecular formula is C24H15. The molecule has 1 radical (unpaired) electrons. The van der Waals surface area contributed by atoms with Gasteiger partial charge in [-0.3, -0.25) is 0 Å². The van der Waals surface area contributed by atoms with Crippen LogP contribution < -0.4 is 0 Å². The molecule has 0 bridgehead atoms. The zero-order valence-electron chi connectivity index (χ0n) is 13.2.